The third kappa shape index (κ3) is 2.26. The quantitative estimate of drug-likeness (QED) is 0.693. The Morgan fingerprint density at radius 3 is 2.50 bits per heavy atom. The molecule has 0 N–H and O–H groups in total. The molecule has 1 heterocycles. The predicted molar refractivity (Wildman–Crippen MR) is 45.3 cm³/mol. The lowest BCUT2D eigenvalue weighted by Gasteiger charge is -2.06. The predicted octanol–water partition coefficient (Wildman–Crippen LogP) is 2.52. The van der Waals surface area contributed by atoms with Gasteiger partial charge >= 0.3 is 0 Å². The molecule has 2 nitrogen and oxygen atoms in total. The van der Waals surface area contributed by atoms with Gasteiger partial charge in [0.1, 0.15) is 5.82 Å². The molecular formula is C9H13FN2. The molecule has 0 spiro atoms. The van der Waals surface area contributed by atoms with E-state index in [1.54, 1.807) is 0 Å². The van der Waals surface area contributed by atoms with Crippen molar-refractivity contribution in [2.24, 2.45) is 0 Å². The van der Waals surface area contributed by atoms with E-state index >= 15 is 0 Å². The fraction of sp³-hybridized carbons (Fsp3) is 0.556. The van der Waals surface area contributed by atoms with Gasteiger partial charge in [-0.25, -0.2) is 14.4 Å². The number of hydrogen-bond donors (Lipinski definition) is 0. The van der Waals surface area contributed by atoms with E-state index in [0.29, 0.717) is 5.92 Å². The summed E-state index contributed by atoms with van der Waals surface area (Å²) in [5.41, 5.74) is 0. The summed E-state index contributed by atoms with van der Waals surface area (Å²) in [6.07, 6.45) is 4.58. The van der Waals surface area contributed by atoms with E-state index in [4.69, 9.17) is 0 Å². The Hall–Kier alpha value is -0.990. The molecule has 1 unspecified atom stereocenters. The first kappa shape index (κ1) is 9.10. The Bertz CT molecular complexity index is 233. The molecule has 0 aromatic carbocycles. The SMILES string of the molecule is CCCC(C)c1ncc(F)cn1. The molecule has 0 aliphatic heterocycles. The molecule has 0 saturated heterocycles. The second kappa shape index (κ2) is 4.14. The highest BCUT2D eigenvalue weighted by Crippen LogP contribution is 2.15. The van der Waals surface area contributed by atoms with Crippen LogP contribution < -0.4 is 0 Å². The molecule has 0 amide bonds. The third-order valence-corrected chi connectivity index (χ3v) is 1.80. The fourth-order valence-corrected chi connectivity index (χ4v) is 1.14. The lowest BCUT2D eigenvalue weighted by Crippen LogP contribution is -2.00. The van der Waals surface area contributed by atoms with Crippen molar-refractivity contribution in [1.29, 1.82) is 0 Å². The molecule has 1 aromatic rings. The van der Waals surface area contributed by atoms with Crippen LogP contribution in [0.5, 0.6) is 0 Å². The van der Waals surface area contributed by atoms with Gasteiger partial charge in [0.15, 0.2) is 5.82 Å². The van der Waals surface area contributed by atoms with Crippen molar-refractivity contribution < 1.29 is 4.39 Å². The molecule has 0 saturated carbocycles. The minimum absolute atomic E-state index is 0.329. The molecule has 0 aliphatic rings. The first-order chi connectivity index (χ1) is 5.74. The van der Waals surface area contributed by atoms with Gasteiger partial charge in [0.2, 0.25) is 0 Å². The minimum Gasteiger partial charge on any atom is -0.238 e. The highest BCUT2D eigenvalue weighted by atomic mass is 19.1. The Balaban J connectivity index is 2.68. The Kier molecular flexibility index (Phi) is 3.14. The molecular weight excluding hydrogens is 155 g/mol. The van der Waals surface area contributed by atoms with Gasteiger partial charge in [-0.1, -0.05) is 20.3 Å². The van der Waals surface area contributed by atoms with Crippen LogP contribution in [0.25, 0.3) is 0 Å². The van der Waals surface area contributed by atoms with Crippen molar-refractivity contribution in [3.63, 3.8) is 0 Å². The van der Waals surface area contributed by atoms with Crippen molar-refractivity contribution in [2.75, 3.05) is 0 Å². The zero-order chi connectivity index (χ0) is 8.97. The van der Waals surface area contributed by atoms with E-state index in [1.807, 2.05) is 0 Å². The summed E-state index contributed by atoms with van der Waals surface area (Å²) < 4.78 is 12.4. The van der Waals surface area contributed by atoms with E-state index in [9.17, 15) is 4.39 Å². The molecule has 66 valence electrons. The highest BCUT2D eigenvalue weighted by molar-refractivity contribution is 4.96. The van der Waals surface area contributed by atoms with Gasteiger partial charge in [0.25, 0.3) is 0 Å². The number of hydrogen-bond acceptors (Lipinski definition) is 2. The van der Waals surface area contributed by atoms with Crippen molar-refractivity contribution in [2.45, 2.75) is 32.6 Å². The van der Waals surface area contributed by atoms with Crippen LogP contribution in [0.1, 0.15) is 38.4 Å². The van der Waals surface area contributed by atoms with E-state index in [2.05, 4.69) is 23.8 Å². The fourth-order valence-electron chi connectivity index (χ4n) is 1.14. The molecule has 3 heteroatoms. The van der Waals surface area contributed by atoms with Crippen LogP contribution >= 0.6 is 0 Å². The lowest BCUT2D eigenvalue weighted by atomic mass is 10.1. The average molecular weight is 168 g/mol. The minimum atomic E-state index is -0.373. The van der Waals surface area contributed by atoms with Crippen LogP contribution in [0.15, 0.2) is 12.4 Å². The third-order valence-electron chi connectivity index (χ3n) is 1.80. The maximum absolute atomic E-state index is 12.4. The summed E-state index contributed by atoms with van der Waals surface area (Å²) in [6.45, 7) is 4.16. The molecule has 1 rings (SSSR count). The summed E-state index contributed by atoms with van der Waals surface area (Å²) >= 11 is 0. The van der Waals surface area contributed by atoms with Crippen LogP contribution in [0.3, 0.4) is 0 Å². The first-order valence-corrected chi connectivity index (χ1v) is 4.21. The number of nitrogens with zero attached hydrogens (tertiary/aromatic N) is 2. The zero-order valence-corrected chi connectivity index (χ0v) is 7.42. The summed E-state index contributed by atoms with van der Waals surface area (Å²) in [4.78, 5) is 7.82. The lowest BCUT2D eigenvalue weighted by molar-refractivity contribution is 0.585. The maximum Gasteiger partial charge on any atom is 0.159 e. The van der Waals surface area contributed by atoms with Crippen LogP contribution in [-0.4, -0.2) is 9.97 Å². The molecule has 0 radical (unpaired) electrons. The van der Waals surface area contributed by atoms with E-state index in [0.717, 1.165) is 18.7 Å². The van der Waals surface area contributed by atoms with Gasteiger partial charge in [-0.15, -0.1) is 0 Å². The van der Waals surface area contributed by atoms with Gasteiger partial charge < -0.3 is 0 Å². The van der Waals surface area contributed by atoms with Crippen LogP contribution in [0, 0.1) is 5.82 Å². The summed E-state index contributed by atoms with van der Waals surface area (Å²) in [5.74, 6) is 0.691. The molecule has 0 aliphatic carbocycles. The smallest absolute Gasteiger partial charge is 0.159 e. The van der Waals surface area contributed by atoms with Gasteiger partial charge in [-0.3, -0.25) is 0 Å². The summed E-state index contributed by atoms with van der Waals surface area (Å²) in [6, 6.07) is 0. The second-order valence-electron chi connectivity index (χ2n) is 2.95. The Morgan fingerprint density at radius 2 is 2.00 bits per heavy atom. The van der Waals surface area contributed by atoms with Crippen LogP contribution in [0.2, 0.25) is 0 Å². The normalized spacial score (nSPS) is 12.9. The van der Waals surface area contributed by atoms with Gasteiger partial charge in [-0.05, 0) is 6.42 Å². The first-order valence-electron chi connectivity index (χ1n) is 4.21. The second-order valence-corrected chi connectivity index (χ2v) is 2.95. The molecule has 0 fully saturated rings. The monoisotopic (exact) mass is 168 g/mol. The molecule has 1 atom stereocenters. The maximum atomic E-state index is 12.4. The van der Waals surface area contributed by atoms with E-state index in [1.165, 1.54) is 12.4 Å². The Labute approximate surface area is 71.9 Å². The van der Waals surface area contributed by atoms with Crippen molar-refractivity contribution in [3.05, 3.63) is 24.0 Å². The van der Waals surface area contributed by atoms with E-state index < -0.39 is 0 Å². The topological polar surface area (TPSA) is 25.8 Å². The molecule has 0 bridgehead atoms. The van der Waals surface area contributed by atoms with Crippen LogP contribution in [0.4, 0.5) is 4.39 Å². The van der Waals surface area contributed by atoms with Crippen LogP contribution in [-0.2, 0) is 0 Å². The largest absolute Gasteiger partial charge is 0.238 e. The van der Waals surface area contributed by atoms with Gasteiger partial charge in [-0.2, -0.15) is 0 Å². The zero-order valence-electron chi connectivity index (χ0n) is 7.42. The Morgan fingerprint density at radius 1 is 1.42 bits per heavy atom. The molecule has 1 aromatic heterocycles. The standard InChI is InChI=1S/C9H13FN2/c1-3-4-7(2)9-11-5-8(10)6-12-9/h5-7H,3-4H2,1-2H3. The number of rotatable bonds is 3. The summed E-state index contributed by atoms with van der Waals surface area (Å²) in [5, 5.41) is 0. The highest BCUT2D eigenvalue weighted by Gasteiger charge is 2.06. The number of halogens is 1. The van der Waals surface area contributed by atoms with Gasteiger partial charge in [0.05, 0.1) is 12.4 Å². The van der Waals surface area contributed by atoms with Crippen molar-refractivity contribution >= 4 is 0 Å². The molecule has 12 heavy (non-hydrogen) atoms. The average Bonchev–Trinajstić information content (AvgIpc) is 2.06. The van der Waals surface area contributed by atoms with Crippen molar-refractivity contribution in [1.82, 2.24) is 9.97 Å². The van der Waals surface area contributed by atoms with E-state index in [-0.39, 0.29) is 5.82 Å². The van der Waals surface area contributed by atoms with Crippen molar-refractivity contribution in [3.8, 4) is 0 Å². The van der Waals surface area contributed by atoms with Gasteiger partial charge in [0, 0.05) is 5.92 Å². The summed E-state index contributed by atoms with van der Waals surface area (Å²) in [7, 11) is 0. The number of aromatic nitrogens is 2.